The van der Waals surface area contributed by atoms with Gasteiger partial charge in [0.15, 0.2) is 0 Å². The van der Waals surface area contributed by atoms with E-state index in [9.17, 15) is 14.4 Å². The highest BCUT2D eigenvalue weighted by atomic mass is 35.5. The molecule has 21 heavy (non-hydrogen) atoms. The molecule has 0 aromatic heterocycles. The molecule has 2 N–H and O–H groups in total. The van der Waals surface area contributed by atoms with E-state index >= 15 is 0 Å². The number of hydrogen-bond acceptors (Lipinski definition) is 4. The van der Waals surface area contributed by atoms with Crippen molar-refractivity contribution in [1.29, 1.82) is 0 Å². The molecule has 0 saturated carbocycles. The minimum Gasteiger partial charge on any atom is -0.324 e. The first-order valence-corrected chi connectivity index (χ1v) is 6.95. The van der Waals surface area contributed by atoms with Crippen molar-refractivity contribution in [3.05, 3.63) is 29.3 Å². The first-order valence-electron chi connectivity index (χ1n) is 6.57. The molecule has 2 rings (SSSR count). The fourth-order valence-corrected chi connectivity index (χ4v) is 2.26. The molecule has 1 unspecified atom stereocenters. The Labute approximate surface area is 127 Å². The van der Waals surface area contributed by atoms with Crippen LogP contribution in [0.1, 0.15) is 12.8 Å². The molecular formula is C14H16ClN3O3. The number of nitrogens with zero attached hydrogens (tertiary/aromatic N) is 1. The number of benzene rings is 1. The van der Waals surface area contributed by atoms with Crippen molar-refractivity contribution in [3.63, 3.8) is 0 Å². The summed E-state index contributed by atoms with van der Waals surface area (Å²) in [5.74, 6) is -0.800. The summed E-state index contributed by atoms with van der Waals surface area (Å²) in [5, 5.41) is 5.97. The van der Waals surface area contributed by atoms with Gasteiger partial charge in [0.25, 0.3) is 0 Å². The van der Waals surface area contributed by atoms with Crippen LogP contribution in [0.2, 0.25) is 5.02 Å². The van der Waals surface area contributed by atoms with E-state index in [4.69, 9.17) is 11.6 Å². The van der Waals surface area contributed by atoms with Gasteiger partial charge < -0.3 is 5.32 Å². The number of amides is 3. The molecule has 1 fully saturated rings. The highest BCUT2D eigenvalue weighted by Gasteiger charge is 2.31. The maximum absolute atomic E-state index is 11.9. The largest absolute Gasteiger partial charge is 0.324 e. The number of rotatable bonds is 4. The number of halogens is 1. The minimum absolute atomic E-state index is 0.0241. The highest BCUT2D eigenvalue weighted by Crippen LogP contribution is 2.20. The Kier molecular flexibility index (Phi) is 4.93. The zero-order chi connectivity index (χ0) is 15.4. The van der Waals surface area contributed by atoms with Crippen molar-refractivity contribution in [2.24, 2.45) is 0 Å². The summed E-state index contributed by atoms with van der Waals surface area (Å²) in [6.07, 6.45) is 0.702. The molecule has 1 aliphatic rings. The summed E-state index contributed by atoms with van der Waals surface area (Å²) in [6, 6.07) is 6.39. The van der Waals surface area contributed by atoms with Gasteiger partial charge >= 0.3 is 0 Å². The van der Waals surface area contributed by atoms with Gasteiger partial charge in [-0.3, -0.25) is 24.6 Å². The molecule has 1 saturated heterocycles. The fourth-order valence-electron chi connectivity index (χ4n) is 2.08. The lowest BCUT2D eigenvalue weighted by Crippen LogP contribution is -2.52. The number of likely N-dealkylation sites (N-methyl/N-ethyl adjacent to an activating group) is 1. The molecule has 1 aromatic rings. The summed E-state index contributed by atoms with van der Waals surface area (Å²) in [6.45, 7) is -0.0241. The van der Waals surface area contributed by atoms with Crippen LogP contribution in [0.5, 0.6) is 0 Å². The number of piperidine rings is 1. The Morgan fingerprint density at radius 2 is 2.10 bits per heavy atom. The molecule has 1 heterocycles. The third-order valence-corrected chi connectivity index (χ3v) is 3.64. The minimum atomic E-state index is -0.510. The van der Waals surface area contributed by atoms with Gasteiger partial charge in [-0.15, -0.1) is 0 Å². The van der Waals surface area contributed by atoms with Gasteiger partial charge in [0.2, 0.25) is 17.7 Å². The molecule has 1 atom stereocenters. The van der Waals surface area contributed by atoms with Crippen LogP contribution in [0.4, 0.5) is 5.69 Å². The van der Waals surface area contributed by atoms with Crippen LogP contribution in [0.3, 0.4) is 0 Å². The molecule has 0 aliphatic carbocycles. The van der Waals surface area contributed by atoms with Gasteiger partial charge in [-0.05, 0) is 18.6 Å². The summed E-state index contributed by atoms with van der Waals surface area (Å²) < 4.78 is 0. The van der Waals surface area contributed by atoms with E-state index in [-0.39, 0.29) is 24.3 Å². The first-order chi connectivity index (χ1) is 9.99. The molecule has 112 valence electrons. The number of carbonyl (C=O) groups excluding carboxylic acids is 3. The zero-order valence-electron chi connectivity index (χ0n) is 11.6. The number of para-hydroxylation sites is 1. The summed E-state index contributed by atoms with van der Waals surface area (Å²) in [4.78, 5) is 36.1. The highest BCUT2D eigenvalue weighted by molar-refractivity contribution is 6.33. The van der Waals surface area contributed by atoms with Crippen LogP contribution < -0.4 is 10.6 Å². The van der Waals surface area contributed by atoms with Gasteiger partial charge in [-0.1, -0.05) is 23.7 Å². The number of imide groups is 1. The van der Waals surface area contributed by atoms with Crippen LogP contribution in [-0.4, -0.2) is 42.3 Å². The fraction of sp³-hybridized carbons (Fsp3) is 0.357. The van der Waals surface area contributed by atoms with Gasteiger partial charge in [-0.25, -0.2) is 0 Å². The van der Waals surface area contributed by atoms with Crippen molar-refractivity contribution < 1.29 is 14.4 Å². The Morgan fingerprint density at radius 3 is 2.81 bits per heavy atom. The van der Waals surface area contributed by atoms with E-state index in [0.717, 1.165) is 4.90 Å². The van der Waals surface area contributed by atoms with E-state index in [1.54, 1.807) is 24.3 Å². The Hall–Kier alpha value is -1.92. The predicted octanol–water partition coefficient (Wildman–Crippen LogP) is 1.02. The summed E-state index contributed by atoms with van der Waals surface area (Å²) in [5.41, 5.74) is 0.522. The maximum atomic E-state index is 11.9. The first kappa shape index (κ1) is 15.5. The third-order valence-electron chi connectivity index (χ3n) is 3.31. The van der Waals surface area contributed by atoms with Gasteiger partial charge in [0.1, 0.15) is 0 Å². The predicted molar refractivity (Wildman–Crippen MR) is 78.9 cm³/mol. The number of carbonyl (C=O) groups is 3. The molecular weight excluding hydrogens is 294 g/mol. The molecule has 7 heteroatoms. The van der Waals surface area contributed by atoms with Crippen molar-refractivity contribution in [2.45, 2.75) is 18.9 Å². The lowest BCUT2D eigenvalue weighted by molar-refractivity contribution is -0.148. The number of likely N-dealkylation sites (tertiary alicyclic amines) is 1. The summed E-state index contributed by atoms with van der Waals surface area (Å²) >= 11 is 5.94. The zero-order valence-corrected chi connectivity index (χ0v) is 12.3. The van der Waals surface area contributed by atoms with Crippen LogP contribution in [0, 0.1) is 0 Å². The van der Waals surface area contributed by atoms with Crippen molar-refractivity contribution >= 4 is 35.0 Å². The van der Waals surface area contributed by atoms with E-state index < -0.39 is 6.04 Å². The van der Waals surface area contributed by atoms with Crippen LogP contribution in [-0.2, 0) is 14.4 Å². The molecule has 0 spiro atoms. The number of nitrogens with one attached hydrogen (secondary N) is 2. The van der Waals surface area contributed by atoms with Crippen LogP contribution >= 0.6 is 11.6 Å². The second-order valence-corrected chi connectivity index (χ2v) is 5.20. The molecule has 1 aliphatic heterocycles. The smallest absolute Gasteiger partial charge is 0.246 e. The van der Waals surface area contributed by atoms with Gasteiger partial charge in [0.05, 0.1) is 23.3 Å². The lowest BCUT2D eigenvalue weighted by Gasteiger charge is -2.28. The monoisotopic (exact) mass is 309 g/mol. The lowest BCUT2D eigenvalue weighted by atomic mass is 10.0. The van der Waals surface area contributed by atoms with Gasteiger partial charge in [0, 0.05) is 13.5 Å². The van der Waals surface area contributed by atoms with E-state index in [2.05, 4.69) is 10.6 Å². The van der Waals surface area contributed by atoms with Crippen molar-refractivity contribution in [1.82, 2.24) is 10.2 Å². The Morgan fingerprint density at radius 1 is 1.38 bits per heavy atom. The molecule has 0 bridgehead atoms. The molecule has 0 radical (unpaired) electrons. The number of hydrogen-bond donors (Lipinski definition) is 2. The van der Waals surface area contributed by atoms with E-state index in [1.165, 1.54) is 7.05 Å². The quantitative estimate of drug-likeness (QED) is 0.814. The Bertz CT molecular complexity index is 576. The van der Waals surface area contributed by atoms with Crippen LogP contribution in [0.25, 0.3) is 0 Å². The van der Waals surface area contributed by atoms with E-state index in [1.807, 2.05) is 0 Å². The normalized spacial score (nSPS) is 18.8. The second-order valence-electron chi connectivity index (χ2n) is 4.79. The Balaban J connectivity index is 1.86. The molecule has 6 nitrogen and oxygen atoms in total. The second kappa shape index (κ2) is 6.69. The SMILES string of the molecule is CN1C(=O)CCC(NCC(=O)Nc2ccccc2Cl)C1=O. The average Bonchev–Trinajstić information content (AvgIpc) is 2.46. The topological polar surface area (TPSA) is 78.5 Å². The van der Waals surface area contributed by atoms with E-state index in [0.29, 0.717) is 23.6 Å². The summed E-state index contributed by atoms with van der Waals surface area (Å²) in [7, 11) is 1.45. The molecule has 1 aromatic carbocycles. The molecule has 3 amide bonds. The third kappa shape index (κ3) is 3.80. The van der Waals surface area contributed by atoms with Gasteiger partial charge in [-0.2, -0.15) is 0 Å². The van der Waals surface area contributed by atoms with Crippen molar-refractivity contribution in [2.75, 3.05) is 18.9 Å². The number of anilines is 1. The maximum Gasteiger partial charge on any atom is 0.246 e. The van der Waals surface area contributed by atoms with Crippen LogP contribution in [0.15, 0.2) is 24.3 Å². The van der Waals surface area contributed by atoms with Crippen molar-refractivity contribution in [3.8, 4) is 0 Å². The average molecular weight is 310 g/mol. The standard InChI is InChI=1S/C14H16ClN3O3/c1-18-13(20)7-6-11(14(18)21)16-8-12(19)17-10-5-3-2-4-9(10)15/h2-5,11,16H,6-8H2,1H3,(H,17,19).